The van der Waals surface area contributed by atoms with E-state index in [0.717, 1.165) is 0 Å². The van der Waals surface area contributed by atoms with Crippen molar-refractivity contribution in [3.8, 4) is 0 Å². The summed E-state index contributed by atoms with van der Waals surface area (Å²) >= 11 is 0. The summed E-state index contributed by atoms with van der Waals surface area (Å²) < 4.78 is 0. The van der Waals surface area contributed by atoms with Crippen LogP contribution < -0.4 is 0 Å². The number of allylic oxidation sites excluding steroid dienone is 2. The Labute approximate surface area is 80.9 Å². The zero-order valence-electron chi connectivity index (χ0n) is 7.93. The Kier molecular flexibility index (Phi) is 2.42. The molecule has 0 bridgehead atoms. The van der Waals surface area contributed by atoms with Gasteiger partial charge in [0.2, 0.25) is 0 Å². The summed E-state index contributed by atoms with van der Waals surface area (Å²) in [5.41, 5.74) is -0.982. The minimum Gasteiger partial charge on any atom is -0.480 e. The van der Waals surface area contributed by atoms with Crippen molar-refractivity contribution in [1.82, 2.24) is 0 Å². The molecule has 76 valence electrons. The zero-order valence-corrected chi connectivity index (χ0v) is 7.93. The van der Waals surface area contributed by atoms with E-state index in [4.69, 9.17) is 5.11 Å². The molecular formula is C9H11NO4. The molecule has 0 spiro atoms. The van der Waals surface area contributed by atoms with Gasteiger partial charge in [-0.2, -0.15) is 0 Å². The first-order valence-electron chi connectivity index (χ1n) is 4.12. The standard InChI is InChI=1S/C9H11NO4/c1-6-4-3-5-9(2,8(11)12)7(6)10(13)14/h3-5,7H,1-2H3,(H,11,12). The molecule has 1 aliphatic carbocycles. The monoisotopic (exact) mass is 197 g/mol. The molecule has 1 N–H and O–H groups in total. The van der Waals surface area contributed by atoms with E-state index in [2.05, 4.69) is 0 Å². The van der Waals surface area contributed by atoms with Crippen LogP contribution in [0.4, 0.5) is 0 Å². The van der Waals surface area contributed by atoms with Crippen molar-refractivity contribution in [3.63, 3.8) is 0 Å². The molecule has 5 nitrogen and oxygen atoms in total. The number of rotatable bonds is 2. The molecule has 0 heterocycles. The third-order valence-corrected chi connectivity index (χ3v) is 2.47. The largest absolute Gasteiger partial charge is 0.480 e. The molecule has 0 aliphatic heterocycles. The van der Waals surface area contributed by atoms with Gasteiger partial charge >= 0.3 is 5.97 Å². The van der Waals surface area contributed by atoms with Crippen molar-refractivity contribution in [3.05, 3.63) is 33.9 Å². The van der Waals surface area contributed by atoms with Crippen molar-refractivity contribution < 1.29 is 14.8 Å². The fraction of sp³-hybridized carbons (Fsp3) is 0.444. The van der Waals surface area contributed by atoms with Crippen LogP contribution in [-0.2, 0) is 4.79 Å². The third kappa shape index (κ3) is 1.41. The highest BCUT2D eigenvalue weighted by molar-refractivity contribution is 5.78. The van der Waals surface area contributed by atoms with Crippen molar-refractivity contribution >= 4 is 5.97 Å². The molecule has 0 aromatic rings. The molecule has 0 saturated carbocycles. The minimum absolute atomic E-state index is 0.461. The Morgan fingerprint density at radius 3 is 2.64 bits per heavy atom. The van der Waals surface area contributed by atoms with Crippen LogP contribution in [-0.4, -0.2) is 22.0 Å². The van der Waals surface area contributed by atoms with Gasteiger partial charge in [0, 0.05) is 10.5 Å². The van der Waals surface area contributed by atoms with Gasteiger partial charge in [0.25, 0.3) is 6.04 Å². The van der Waals surface area contributed by atoms with Crippen LogP contribution in [0.1, 0.15) is 13.8 Å². The summed E-state index contributed by atoms with van der Waals surface area (Å²) in [6, 6.07) is -1.18. The number of carbonyl (C=O) groups is 1. The van der Waals surface area contributed by atoms with Gasteiger partial charge in [-0.1, -0.05) is 18.2 Å². The highest BCUT2D eigenvalue weighted by Crippen LogP contribution is 2.33. The van der Waals surface area contributed by atoms with E-state index in [1.165, 1.54) is 13.0 Å². The highest BCUT2D eigenvalue weighted by atomic mass is 16.6. The number of aliphatic carboxylic acids is 1. The second kappa shape index (κ2) is 3.25. The van der Waals surface area contributed by atoms with Gasteiger partial charge in [-0.15, -0.1) is 0 Å². The lowest BCUT2D eigenvalue weighted by molar-refractivity contribution is -0.524. The molecule has 0 saturated heterocycles. The average Bonchev–Trinajstić information content (AvgIpc) is 2.02. The molecule has 1 rings (SSSR count). The van der Waals surface area contributed by atoms with E-state index in [9.17, 15) is 14.9 Å². The van der Waals surface area contributed by atoms with Crippen LogP contribution in [0.3, 0.4) is 0 Å². The highest BCUT2D eigenvalue weighted by Gasteiger charge is 2.49. The Morgan fingerprint density at radius 2 is 2.29 bits per heavy atom. The molecule has 0 aromatic carbocycles. The maximum atomic E-state index is 11.0. The molecule has 0 amide bonds. The number of nitro groups is 1. The quantitative estimate of drug-likeness (QED) is 0.533. The lowest BCUT2D eigenvalue weighted by atomic mass is 9.76. The van der Waals surface area contributed by atoms with Gasteiger partial charge in [-0.25, -0.2) is 0 Å². The summed E-state index contributed by atoms with van der Waals surface area (Å²) in [5.74, 6) is -1.18. The summed E-state index contributed by atoms with van der Waals surface area (Å²) in [5, 5.41) is 19.7. The number of hydrogen-bond acceptors (Lipinski definition) is 3. The molecular weight excluding hydrogens is 186 g/mol. The fourth-order valence-electron chi connectivity index (χ4n) is 1.63. The van der Waals surface area contributed by atoms with Crippen molar-refractivity contribution in [2.75, 3.05) is 0 Å². The molecule has 0 aromatic heterocycles. The number of carboxylic acids is 1. The van der Waals surface area contributed by atoms with Crippen LogP contribution in [0.5, 0.6) is 0 Å². The second-order valence-corrected chi connectivity index (χ2v) is 3.55. The molecule has 0 fully saturated rings. The summed E-state index contributed by atoms with van der Waals surface area (Å²) in [4.78, 5) is 21.2. The van der Waals surface area contributed by atoms with Crippen LogP contribution in [0.25, 0.3) is 0 Å². The Bertz CT molecular complexity index is 345. The van der Waals surface area contributed by atoms with Gasteiger partial charge in [0.05, 0.1) is 0 Å². The van der Waals surface area contributed by atoms with Crippen LogP contribution in [0.15, 0.2) is 23.8 Å². The maximum Gasteiger partial charge on any atom is 0.320 e. The normalized spacial score (nSPS) is 31.0. The molecule has 2 unspecified atom stereocenters. The summed E-state index contributed by atoms with van der Waals surface area (Å²) in [7, 11) is 0. The average molecular weight is 197 g/mol. The third-order valence-electron chi connectivity index (χ3n) is 2.47. The SMILES string of the molecule is CC1=CC=CC(C)(C(=O)O)C1[N+](=O)[O-]. The fourth-order valence-corrected chi connectivity index (χ4v) is 1.63. The van der Waals surface area contributed by atoms with Crippen LogP contribution in [0.2, 0.25) is 0 Å². The smallest absolute Gasteiger partial charge is 0.320 e. The van der Waals surface area contributed by atoms with E-state index in [1.807, 2.05) is 0 Å². The minimum atomic E-state index is -1.44. The Balaban J connectivity index is 3.20. The molecule has 2 atom stereocenters. The predicted octanol–water partition coefficient (Wildman–Crippen LogP) is 1.24. The first-order chi connectivity index (χ1) is 6.39. The van der Waals surface area contributed by atoms with Crippen LogP contribution in [0, 0.1) is 15.5 Å². The molecule has 5 heteroatoms. The summed E-state index contributed by atoms with van der Waals surface area (Å²) in [6.07, 6.45) is 4.47. The first kappa shape index (κ1) is 10.4. The predicted molar refractivity (Wildman–Crippen MR) is 49.4 cm³/mol. The van der Waals surface area contributed by atoms with Gasteiger partial charge in [-0.3, -0.25) is 14.9 Å². The molecule has 14 heavy (non-hydrogen) atoms. The molecule has 1 aliphatic rings. The Morgan fingerprint density at radius 1 is 1.71 bits per heavy atom. The van der Waals surface area contributed by atoms with Crippen LogP contribution >= 0.6 is 0 Å². The number of carboxylic acid groups (broad SMARTS) is 1. The lowest BCUT2D eigenvalue weighted by Gasteiger charge is -2.27. The van der Waals surface area contributed by atoms with Gasteiger partial charge in [0.1, 0.15) is 0 Å². The number of hydrogen-bond donors (Lipinski definition) is 1. The van der Waals surface area contributed by atoms with E-state index in [0.29, 0.717) is 5.57 Å². The summed E-state index contributed by atoms with van der Waals surface area (Å²) in [6.45, 7) is 2.92. The first-order valence-corrected chi connectivity index (χ1v) is 4.12. The molecule has 0 radical (unpaired) electrons. The maximum absolute atomic E-state index is 11.0. The van der Waals surface area contributed by atoms with Crippen molar-refractivity contribution in [1.29, 1.82) is 0 Å². The van der Waals surface area contributed by atoms with Crippen molar-refractivity contribution in [2.45, 2.75) is 19.9 Å². The van der Waals surface area contributed by atoms with Gasteiger partial charge < -0.3 is 5.11 Å². The van der Waals surface area contributed by atoms with Gasteiger partial charge in [-0.05, 0) is 13.8 Å². The lowest BCUT2D eigenvalue weighted by Crippen LogP contribution is -2.45. The van der Waals surface area contributed by atoms with Gasteiger partial charge in [0.15, 0.2) is 5.41 Å². The van der Waals surface area contributed by atoms with Crippen molar-refractivity contribution in [2.24, 2.45) is 5.41 Å². The second-order valence-electron chi connectivity index (χ2n) is 3.55. The van der Waals surface area contributed by atoms with E-state index < -0.39 is 22.3 Å². The van der Waals surface area contributed by atoms with E-state index in [1.54, 1.807) is 19.1 Å². The van der Waals surface area contributed by atoms with E-state index in [-0.39, 0.29) is 0 Å². The topological polar surface area (TPSA) is 80.4 Å². The Hall–Kier alpha value is -1.65. The number of nitrogens with zero attached hydrogens (tertiary/aromatic N) is 1. The van der Waals surface area contributed by atoms with E-state index >= 15 is 0 Å². The zero-order chi connectivity index (χ0) is 10.9.